The Kier molecular flexibility index (Phi) is 5.65. The molecule has 2 unspecified atom stereocenters. The van der Waals surface area contributed by atoms with Gasteiger partial charge in [-0.15, -0.1) is 11.8 Å². The zero-order chi connectivity index (χ0) is 12.8. The zero-order valence-corrected chi connectivity index (χ0v) is 10.8. The summed E-state index contributed by atoms with van der Waals surface area (Å²) in [4.78, 5) is 11.8. The lowest BCUT2D eigenvalue weighted by atomic mass is 10.0. The fraction of sp³-hybridized carbons (Fsp3) is 0.462. The molecule has 0 fully saturated rings. The van der Waals surface area contributed by atoms with Crippen LogP contribution < -0.4 is 0 Å². The minimum atomic E-state index is -0.597. The van der Waals surface area contributed by atoms with E-state index in [1.165, 1.54) is 19.1 Å². The maximum Gasteiger partial charge on any atom is 0.132 e. The van der Waals surface area contributed by atoms with Crippen LogP contribution >= 0.6 is 11.8 Å². The minimum absolute atomic E-state index is 0.00358. The number of aliphatic hydroxyl groups excluding tert-OH is 1. The highest BCUT2D eigenvalue weighted by molar-refractivity contribution is 7.99. The smallest absolute Gasteiger partial charge is 0.132 e. The van der Waals surface area contributed by atoms with Gasteiger partial charge in [0, 0.05) is 17.1 Å². The quantitative estimate of drug-likeness (QED) is 0.795. The Morgan fingerprint density at radius 3 is 2.53 bits per heavy atom. The van der Waals surface area contributed by atoms with E-state index in [2.05, 4.69) is 0 Å². The van der Waals surface area contributed by atoms with Crippen molar-refractivity contribution in [3.05, 3.63) is 30.1 Å². The summed E-state index contributed by atoms with van der Waals surface area (Å²) in [6, 6.07) is 6.26. The number of rotatable bonds is 6. The van der Waals surface area contributed by atoms with Gasteiger partial charge >= 0.3 is 0 Å². The van der Waals surface area contributed by atoms with Crippen LogP contribution in [0.1, 0.15) is 20.3 Å². The van der Waals surface area contributed by atoms with Crippen LogP contribution in [0.15, 0.2) is 29.2 Å². The van der Waals surface area contributed by atoms with Gasteiger partial charge in [-0.1, -0.05) is 6.92 Å². The molecule has 1 aromatic carbocycles. The van der Waals surface area contributed by atoms with Crippen molar-refractivity contribution in [1.29, 1.82) is 0 Å². The Morgan fingerprint density at radius 1 is 1.41 bits per heavy atom. The Hall–Kier alpha value is -0.870. The molecule has 17 heavy (non-hydrogen) atoms. The van der Waals surface area contributed by atoms with Gasteiger partial charge in [-0.2, -0.15) is 0 Å². The number of ketones is 1. The van der Waals surface area contributed by atoms with Crippen LogP contribution in [-0.2, 0) is 4.79 Å². The molecular weight excluding hydrogens is 239 g/mol. The van der Waals surface area contributed by atoms with Gasteiger partial charge in [0.15, 0.2) is 0 Å². The third kappa shape index (κ3) is 5.33. The first-order valence-corrected chi connectivity index (χ1v) is 6.53. The molecule has 0 aromatic heterocycles. The van der Waals surface area contributed by atoms with Gasteiger partial charge in [-0.25, -0.2) is 4.39 Å². The average molecular weight is 256 g/mol. The van der Waals surface area contributed by atoms with Crippen LogP contribution in [0.2, 0.25) is 0 Å². The lowest BCUT2D eigenvalue weighted by Gasteiger charge is -2.17. The van der Waals surface area contributed by atoms with Gasteiger partial charge in [0.25, 0.3) is 0 Å². The Balaban J connectivity index is 2.39. The number of carbonyl (C=O) groups is 1. The fourth-order valence-electron chi connectivity index (χ4n) is 1.37. The molecule has 1 rings (SSSR count). The number of aliphatic hydroxyl groups is 1. The number of hydrogen-bond donors (Lipinski definition) is 1. The molecule has 0 aliphatic rings. The lowest BCUT2D eigenvalue weighted by Crippen LogP contribution is -2.22. The summed E-state index contributed by atoms with van der Waals surface area (Å²) < 4.78 is 12.7. The van der Waals surface area contributed by atoms with Crippen LogP contribution in [0.5, 0.6) is 0 Å². The molecule has 0 spiro atoms. The van der Waals surface area contributed by atoms with Crippen molar-refractivity contribution in [2.24, 2.45) is 5.92 Å². The number of benzene rings is 1. The molecule has 2 nitrogen and oxygen atoms in total. The molecule has 1 aromatic rings. The summed E-state index contributed by atoms with van der Waals surface area (Å²) in [5, 5.41) is 9.72. The van der Waals surface area contributed by atoms with Crippen molar-refractivity contribution >= 4 is 17.5 Å². The average Bonchev–Trinajstić information content (AvgIpc) is 2.27. The van der Waals surface area contributed by atoms with Gasteiger partial charge in [-0.3, -0.25) is 4.79 Å². The second-order valence-electron chi connectivity index (χ2n) is 4.22. The number of thioether (sulfide) groups is 1. The second-order valence-corrected chi connectivity index (χ2v) is 5.31. The lowest BCUT2D eigenvalue weighted by molar-refractivity contribution is -0.119. The van der Waals surface area contributed by atoms with E-state index in [4.69, 9.17) is 0 Å². The van der Waals surface area contributed by atoms with Crippen molar-refractivity contribution in [2.75, 3.05) is 5.75 Å². The summed E-state index contributed by atoms with van der Waals surface area (Å²) in [6.07, 6.45) is -0.397. The molecule has 4 heteroatoms. The van der Waals surface area contributed by atoms with Gasteiger partial charge in [-0.05, 0) is 37.1 Å². The fourth-order valence-corrected chi connectivity index (χ4v) is 2.37. The predicted molar refractivity (Wildman–Crippen MR) is 67.6 cm³/mol. The molecule has 1 N–H and O–H groups in total. The van der Waals surface area contributed by atoms with Crippen LogP contribution in [0.3, 0.4) is 0 Å². The van der Waals surface area contributed by atoms with Crippen molar-refractivity contribution in [2.45, 2.75) is 31.3 Å². The van der Waals surface area contributed by atoms with E-state index in [9.17, 15) is 14.3 Å². The summed E-state index contributed by atoms with van der Waals surface area (Å²) >= 11 is 1.55. The third-order valence-electron chi connectivity index (χ3n) is 2.48. The number of halogens is 1. The first kappa shape index (κ1) is 14.2. The van der Waals surface area contributed by atoms with E-state index in [-0.39, 0.29) is 23.9 Å². The molecule has 0 saturated heterocycles. The van der Waals surface area contributed by atoms with Crippen LogP contribution in [0.25, 0.3) is 0 Å². The van der Waals surface area contributed by atoms with Crippen molar-refractivity contribution in [3.63, 3.8) is 0 Å². The first-order chi connectivity index (χ1) is 7.99. The normalized spacial score (nSPS) is 14.4. The van der Waals surface area contributed by atoms with Crippen molar-refractivity contribution in [1.82, 2.24) is 0 Å². The molecule has 0 amide bonds. The van der Waals surface area contributed by atoms with Gasteiger partial charge < -0.3 is 5.11 Å². The molecule has 0 radical (unpaired) electrons. The summed E-state index contributed by atoms with van der Waals surface area (Å²) in [7, 11) is 0. The maximum absolute atomic E-state index is 12.7. The van der Waals surface area contributed by atoms with Crippen LogP contribution in [-0.4, -0.2) is 22.7 Å². The van der Waals surface area contributed by atoms with E-state index >= 15 is 0 Å². The van der Waals surface area contributed by atoms with E-state index < -0.39 is 6.10 Å². The number of Topliss-reactive ketones (excluding diaryl/α,β-unsaturated/α-hetero) is 1. The number of hydrogen-bond acceptors (Lipinski definition) is 3. The largest absolute Gasteiger partial charge is 0.392 e. The highest BCUT2D eigenvalue weighted by Crippen LogP contribution is 2.23. The van der Waals surface area contributed by atoms with Gasteiger partial charge in [0.2, 0.25) is 0 Å². The molecule has 0 heterocycles. The van der Waals surface area contributed by atoms with E-state index in [0.29, 0.717) is 5.75 Å². The first-order valence-electron chi connectivity index (χ1n) is 5.55. The Morgan fingerprint density at radius 2 is 2.00 bits per heavy atom. The number of carbonyl (C=O) groups excluding carboxylic acids is 1. The van der Waals surface area contributed by atoms with Crippen LogP contribution in [0.4, 0.5) is 4.39 Å². The molecule has 0 bridgehead atoms. The topological polar surface area (TPSA) is 37.3 Å². The summed E-state index contributed by atoms with van der Waals surface area (Å²) in [5.74, 6) is 0.490. The molecule has 94 valence electrons. The summed E-state index contributed by atoms with van der Waals surface area (Å²) in [6.45, 7) is 3.38. The Labute approximate surface area is 105 Å². The van der Waals surface area contributed by atoms with Crippen molar-refractivity contribution < 1.29 is 14.3 Å². The SMILES string of the molecule is CC(=O)CC(O)C(C)CSc1ccc(F)cc1. The predicted octanol–water partition coefficient (Wildman–Crippen LogP) is 2.89. The standard InChI is InChI=1S/C13H17FO2S/c1-9(13(16)7-10(2)15)8-17-12-5-3-11(14)4-6-12/h3-6,9,13,16H,7-8H2,1-2H3. The molecule has 0 aliphatic carbocycles. The highest BCUT2D eigenvalue weighted by Gasteiger charge is 2.16. The van der Waals surface area contributed by atoms with E-state index in [0.717, 1.165) is 4.90 Å². The van der Waals surface area contributed by atoms with E-state index in [1.54, 1.807) is 23.9 Å². The monoisotopic (exact) mass is 256 g/mol. The van der Waals surface area contributed by atoms with Crippen LogP contribution in [0, 0.1) is 11.7 Å². The van der Waals surface area contributed by atoms with Crippen molar-refractivity contribution in [3.8, 4) is 0 Å². The zero-order valence-electron chi connectivity index (χ0n) is 10.0. The van der Waals surface area contributed by atoms with Gasteiger partial charge in [0.05, 0.1) is 6.10 Å². The van der Waals surface area contributed by atoms with E-state index in [1.807, 2.05) is 6.92 Å². The maximum atomic E-state index is 12.7. The molecule has 0 aliphatic heterocycles. The minimum Gasteiger partial charge on any atom is -0.392 e. The second kappa shape index (κ2) is 6.77. The summed E-state index contributed by atoms with van der Waals surface area (Å²) in [5.41, 5.74) is 0. The molecular formula is C13H17FO2S. The third-order valence-corrected chi connectivity index (χ3v) is 3.78. The van der Waals surface area contributed by atoms with Gasteiger partial charge in [0.1, 0.15) is 11.6 Å². The molecule has 2 atom stereocenters. The Bertz CT molecular complexity index is 364. The molecule has 0 saturated carbocycles. The highest BCUT2D eigenvalue weighted by atomic mass is 32.2.